The molecule has 1 amide bonds. The Balaban J connectivity index is 0.00000211. The van der Waals surface area contributed by atoms with Crippen LogP contribution in [0.3, 0.4) is 0 Å². The minimum absolute atomic E-state index is 0.0420. The van der Waals surface area contributed by atoms with Crippen molar-refractivity contribution in [1.29, 1.82) is 0 Å². The molecule has 128 valence electrons. The second-order valence-corrected chi connectivity index (χ2v) is 5.89. The summed E-state index contributed by atoms with van der Waals surface area (Å²) in [5.41, 5.74) is -1.92. The summed E-state index contributed by atoms with van der Waals surface area (Å²) in [7, 11) is 1.23. The molecule has 8 heteroatoms. The van der Waals surface area contributed by atoms with E-state index in [1.165, 1.54) is 12.0 Å². The van der Waals surface area contributed by atoms with E-state index in [2.05, 4.69) is 4.74 Å². The van der Waals surface area contributed by atoms with Gasteiger partial charge in [0.1, 0.15) is 5.60 Å². The van der Waals surface area contributed by atoms with Crippen LogP contribution in [0, 0.1) is 10.1 Å². The first kappa shape index (κ1) is 20.1. The van der Waals surface area contributed by atoms with Crippen LogP contribution in [0.1, 0.15) is 47.5 Å². The molecule has 1 aliphatic heterocycles. The number of rotatable bonds is 4. The zero-order valence-electron chi connectivity index (χ0n) is 14.2. The van der Waals surface area contributed by atoms with Gasteiger partial charge in [0.2, 0.25) is 0 Å². The lowest BCUT2D eigenvalue weighted by Crippen LogP contribution is -2.67. The average molecular weight is 318 g/mol. The summed E-state index contributed by atoms with van der Waals surface area (Å²) >= 11 is 0. The number of nitrogens with zero attached hydrogens (tertiary/aromatic N) is 2. The van der Waals surface area contributed by atoms with E-state index in [0.717, 1.165) is 0 Å². The van der Waals surface area contributed by atoms with E-state index in [9.17, 15) is 19.7 Å². The molecule has 1 aliphatic rings. The van der Waals surface area contributed by atoms with Crippen molar-refractivity contribution in [1.82, 2.24) is 4.90 Å². The molecule has 0 spiro atoms. The van der Waals surface area contributed by atoms with Crippen LogP contribution in [0.5, 0.6) is 0 Å². The molecule has 0 unspecified atom stereocenters. The SMILES string of the molecule is CC.COC(=O)CCC1([N+](=O)[O-])CN(C(=O)OC(C)(C)C)C1. The Hall–Kier alpha value is -1.86. The zero-order chi connectivity index (χ0) is 17.6. The largest absolute Gasteiger partial charge is 0.469 e. The van der Waals surface area contributed by atoms with Crippen LogP contribution >= 0.6 is 0 Å². The van der Waals surface area contributed by atoms with Crippen molar-refractivity contribution in [3.8, 4) is 0 Å². The van der Waals surface area contributed by atoms with Gasteiger partial charge in [-0.2, -0.15) is 0 Å². The van der Waals surface area contributed by atoms with E-state index in [0.29, 0.717) is 0 Å². The molecule has 1 saturated heterocycles. The van der Waals surface area contributed by atoms with E-state index in [-0.39, 0.29) is 25.9 Å². The molecule has 0 aromatic rings. The molecular formula is C14H26N2O6. The van der Waals surface area contributed by atoms with E-state index >= 15 is 0 Å². The highest BCUT2D eigenvalue weighted by Crippen LogP contribution is 2.30. The van der Waals surface area contributed by atoms with Gasteiger partial charge in [0.05, 0.1) is 26.6 Å². The molecule has 0 radical (unpaired) electrons. The summed E-state index contributed by atoms with van der Waals surface area (Å²) in [5.74, 6) is -0.498. The topological polar surface area (TPSA) is 99.0 Å². The van der Waals surface area contributed by atoms with Gasteiger partial charge < -0.3 is 9.47 Å². The van der Waals surface area contributed by atoms with Crippen molar-refractivity contribution in [2.45, 2.75) is 58.6 Å². The molecule has 8 nitrogen and oxygen atoms in total. The summed E-state index contributed by atoms with van der Waals surface area (Å²) < 4.78 is 9.60. The fourth-order valence-electron chi connectivity index (χ4n) is 1.92. The minimum atomic E-state index is -1.27. The number of carbonyl (C=O) groups is 2. The Labute approximate surface area is 130 Å². The third kappa shape index (κ3) is 5.50. The molecule has 1 fully saturated rings. The lowest BCUT2D eigenvalue weighted by Gasteiger charge is -2.42. The first-order valence-corrected chi connectivity index (χ1v) is 7.29. The summed E-state index contributed by atoms with van der Waals surface area (Å²) in [4.78, 5) is 34.8. The standard InChI is InChI=1S/C12H20N2O6.C2H6/c1-11(2,3)20-10(16)13-7-12(8-13,14(17)18)6-5-9(15)19-4;1-2/h5-8H2,1-4H3;1-2H3. The number of nitro groups is 1. The fourth-order valence-corrected chi connectivity index (χ4v) is 1.92. The van der Waals surface area contributed by atoms with Crippen molar-refractivity contribution < 1.29 is 24.0 Å². The first-order chi connectivity index (χ1) is 10.1. The van der Waals surface area contributed by atoms with Crippen LogP contribution in [0.15, 0.2) is 0 Å². The van der Waals surface area contributed by atoms with E-state index in [1.807, 2.05) is 13.8 Å². The van der Waals surface area contributed by atoms with Gasteiger partial charge in [-0.1, -0.05) is 13.8 Å². The number of carbonyl (C=O) groups excluding carboxylic acids is 2. The Morgan fingerprint density at radius 1 is 1.27 bits per heavy atom. The molecule has 0 N–H and O–H groups in total. The number of likely N-dealkylation sites (tertiary alicyclic amines) is 1. The van der Waals surface area contributed by atoms with Crippen LogP contribution in [0.25, 0.3) is 0 Å². The van der Waals surface area contributed by atoms with Gasteiger partial charge in [-0.15, -0.1) is 0 Å². The van der Waals surface area contributed by atoms with Crippen molar-refractivity contribution >= 4 is 12.1 Å². The lowest BCUT2D eigenvalue weighted by atomic mass is 9.86. The number of hydrogen-bond acceptors (Lipinski definition) is 6. The van der Waals surface area contributed by atoms with Gasteiger partial charge in [0.25, 0.3) is 5.54 Å². The minimum Gasteiger partial charge on any atom is -0.469 e. The summed E-state index contributed by atoms with van der Waals surface area (Å²) in [6, 6.07) is 0. The highest BCUT2D eigenvalue weighted by Gasteiger charge is 2.56. The fraction of sp³-hybridized carbons (Fsp3) is 0.857. The van der Waals surface area contributed by atoms with Crippen molar-refractivity contribution in [3.05, 3.63) is 10.1 Å². The van der Waals surface area contributed by atoms with Crippen LogP contribution in [-0.4, -0.2) is 53.2 Å². The molecule has 0 aliphatic carbocycles. The molecule has 0 saturated carbocycles. The molecule has 0 aromatic carbocycles. The van der Waals surface area contributed by atoms with Gasteiger partial charge in [-0.05, 0) is 20.8 Å². The maximum atomic E-state index is 11.7. The summed E-state index contributed by atoms with van der Waals surface area (Å²) in [6.45, 7) is 9.08. The normalized spacial score (nSPS) is 15.8. The number of amides is 1. The third-order valence-electron chi connectivity index (χ3n) is 3.03. The Morgan fingerprint density at radius 2 is 1.77 bits per heavy atom. The van der Waals surface area contributed by atoms with Crippen LogP contribution in [0.2, 0.25) is 0 Å². The lowest BCUT2D eigenvalue weighted by molar-refractivity contribution is -0.587. The Morgan fingerprint density at radius 3 is 2.14 bits per heavy atom. The highest BCUT2D eigenvalue weighted by atomic mass is 16.6. The monoisotopic (exact) mass is 318 g/mol. The van der Waals surface area contributed by atoms with Gasteiger partial charge in [-0.3, -0.25) is 19.8 Å². The number of esters is 1. The Kier molecular flexibility index (Phi) is 7.28. The third-order valence-corrected chi connectivity index (χ3v) is 3.03. The van der Waals surface area contributed by atoms with Crippen molar-refractivity contribution in [2.75, 3.05) is 20.2 Å². The smallest absolute Gasteiger partial charge is 0.410 e. The molecule has 0 aromatic heterocycles. The number of methoxy groups -OCH3 is 1. The van der Waals surface area contributed by atoms with E-state index in [4.69, 9.17) is 4.74 Å². The number of ether oxygens (including phenoxy) is 2. The average Bonchev–Trinajstić information content (AvgIpc) is 2.36. The predicted octanol–water partition coefficient (Wildman–Crippen LogP) is 2.23. The molecule has 1 rings (SSSR count). The second kappa shape index (κ2) is 7.95. The van der Waals surface area contributed by atoms with Gasteiger partial charge in [0, 0.05) is 11.3 Å². The predicted molar refractivity (Wildman–Crippen MR) is 80.1 cm³/mol. The highest BCUT2D eigenvalue weighted by molar-refractivity contribution is 5.71. The molecule has 0 atom stereocenters. The van der Waals surface area contributed by atoms with Crippen LogP contribution < -0.4 is 0 Å². The molecule has 0 bridgehead atoms. The maximum Gasteiger partial charge on any atom is 0.410 e. The Bertz CT molecular complexity index is 410. The van der Waals surface area contributed by atoms with Crippen molar-refractivity contribution in [3.63, 3.8) is 0 Å². The summed E-state index contributed by atoms with van der Waals surface area (Å²) in [5, 5.41) is 11.1. The van der Waals surface area contributed by atoms with E-state index in [1.54, 1.807) is 20.8 Å². The maximum absolute atomic E-state index is 11.7. The zero-order valence-corrected chi connectivity index (χ0v) is 14.2. The van der Waals surface area contributed by atoms with Gasteiger partial charge >= 0.3 is 12.1 Å². The summed E-state index contributed by atoms with van der Waals surface area (Å²) in [6.07, 6.45) is -0.570. The quantitative estimate of drug-likeness (QED) is 0.448. The van der Waals surface area contributed by atoms with Gasteiger partial charge in [-0.25, -0.2) is 4.79 Å². The first-order valence-electron chi connectivity index (χ1n) is 7.29. The van der Waals surface area contributed by atoms with Gasteiger partial charge in [0.15, 0.2) is 0 Å². The second-order valence-electron chi connectivity index (χ2n) is 5.89. The molecule has 22 heavy (non-hydrogen) atoms. The van der Waals surface area contributed by atoms with Crippen LogP contribution in [-0.2, 0) is 14.3 Å². The number of hydrogen-bond donors (Lipinski definition) is 0. The molecular weight excluding hydrogens is 292 g/mol. The van der Waals surface area contributed by atoms with E-state index < -0.39 is 28.1 Å². The van der Waals surface area contributed by atoms with Crippen LogP contribution in [0.4, 0.5) is 4.79 Å². The molecule has 1 heterocycles. The van der Waals surface area contributed by atoms with Crippen molar-refractivity contribution in [2.24, 2.45) is 0 Å².